The fourth-order valence-corrected chi connectivity index (χ4v) is 1.96. The zero-order valence-corrected chi connectivity index (χ0v) is 12.5. The van der Waals surface area contributed by atoms with Gasteiger partial charge in [-0.25, -0.2) is 0 Å². The second-order valence-corrected chi connectivity index (χ2v) is 4.86. The lowest BCUT2D eigenvalue weighted by molar-refractivity contribution is 0.102. The highest BCUT2D eigenvalue weighted by molar-refractivity contribution is 7.80. The number of nitrogens with two attached hydrogens (primary N) is 1. The molecule has 0 radical (unpaired) electrons. The third-order valence-corrected chi connectivity index (χ3v) is 3.13. The quantitative estimate of drug-likeness (QED) is 0.847. The highest BCUT2D eigenvalue weighted by Crippen LogP contribution is 2.26. The summed E-state index contributed by atoms with van der Waals surface area (Å²) in [4.78, 5) is 16.5. The summed E-state index contributed by atoms with van der Waals surface area (Å²) < 4.78 is 5.25. The van der Waals surface area contributed by atoms with Crippen LogP contribution in [0, 0.1) is 6.92 Å². The molecule has 0 aliphatic heterocycles. The lowest BCUT2D eigenvalue weighted by Crippen LogP contribution is -2.14. The summed E-state index contributed by atoms with van der Waals surface area (Å²) in [5, 5.41) is 2.80. The first-order chi connectivity index (χ1) is 10.0. The fraction of sp³-hybridized carbons (Fsp3) is 0.133. The van der Waals surface area contributed by atoms with Gasteiger partial charge >= 0.3 is 0 Å². The number of rotatable bonds is 4. The summed E-state index contributed by atoms with van der Waals surface area (Å²) in [6, 6.07) is 8.50. The summed E-state index contributed by atoms with van der Waals surface area (Å²) in [5.41, 5.74) is 8.12. The van der Waals surface area contributed by atoms with E-state index in [9.17, 15) is 4.79 Å². The summed E-state index contributed by atoms with van der Waals surface area (Å²) in [6.07, 6.45) is 1.59. The maximum atomic E-state index is 12.2. The van der Waals surface area contributed by atoms with E-state index < -0.39 is 0 Å². The largest absolute Gasteiger partial charge is 0.495 e. The number of pyridine rings is 1. The number of nitrogens with zero attached hydrogens (tertiary/aromatic N) is 1. The van der Waals surface area contributed by atoms with E-state index in [-0.39, 0.29) is 10.9 Å². The van der Waals surface area contributed by atoms with Crippen LogP contribution in [0.3, 0.4) is 0 Å². The Hall–Kier alpha value is -2.47. The SMILES string of the molecule is COc1cc(C(N)=S)ccc1NC(=O)c1ccnc(C)c1. The summed E-state index contributed by atoms with van der Waals surface area (Å²) >= 11 is 4.92. The van der Waals surface area contributed by atoms with Crippen molar-refractivity contribution >= 4 is 28.8 Å². The van der Waals surface area contributed by atoms with Crippen LogP contribution in [0.15, 0.2) is 36.5 Å². The molecule has 108 valence electrons. The van der Waals surface area contributed by atoms with E-state index in [4.69, 9.17) is 22.7 Å². The molecule has 0 saturated carbocycles. The van der Waals surface area contributed by atoms with Gasteiger partial charge in [0, 0.05) is 23.0 Å². The van der Waals surface area contributed by atoms with Crippen molar-refractivity contribution in [1.29, 1.82) is 0 Å². The van der Waals surface area contributed by atoms with Gasteiger partial charge in [0.1, 0.15) is 10.7 Å². The summed E-state index contributed by atoms with van der Waals surface area (Å²) in [6.45, 7) is 1.83. The Bertz CT molecular complexity index is 701. The number of anilines is 1. The first kappa shape index (κ1) is 14.9. The van der Waals surface area contributed by atoms with Gasteiger partial charge < -0.3 is 15.8 Å². The Kier molecular flexibility index (Phi) is 4.49. The molecular formula is C15H15N3O2S. The predicted molar refractivity (Wildman–Crippen MR) is 85.8 cm³/mol. The van der Waals surface area contributed by atoms with Crippen LogP contribution in [0.2, 0.25) is 0 Å². The van der Waals surface area contributed by atoms with Crippen LogP contribution in [-0.4, -0.2) is 23.0 Å². The van der Waals surface area contributed by atoms with Gasteiger partial charge in [-0.15, -0.1) is 0 Å². The van der Waals surface area contributed by atoms with E-state index in [1.807, 2.05) is 6.92 Å². The molecule has 3 N–H and O–H groups in total. The van der Waals surface area contributed by atoms with Gasteiger partial charge in [-0.2, -0.15) is 0 Å². The number of aryl methyl sites for hydroxylation is 1. The highest BCUT2D eigenvalue weighted by Gasteiger charge is 2.11. The molecule has 1 aromatic heterocycles. The molecule has 2 aromatic rings. The van der Waals surface area contributed by atoms with Crippen molar-refractivity contribution < 1.29 is 9.53 Å². The van der Waals surface area contributed by atoms with Crippen LogP contribution in [0.5, 0.6) is 5.75 Å². The number of carbonyl (C=O) groups is 1. The van der Waals surface area contributed by atoms with Crippen molar-refractivity contribution in [2.24, 2.45) is 5.73 Å². The first-order valence-corrected chi connectivity index (χ1v) is 6.64. The lowest BCUT2D eigenvalue weighted by atomic mass is 10.1. The standard InChI is InChI=1S/C15H15N3O2S/c1-9-7-11(5-6-17-9)15(19)18-12-4-3-10(14(16)21)8-13(12)20-2/h3-8H,1-2H3,(H2,16,21)(H,18,19). The smallest absolute Gasteiger partial charge is 0.255 e. The number of amides is 1. The van der Waals surface area contributed by atoms with Gasteiger partial charge in [-0.1, -0.05) is 12.2 Å². The fourth-order valence-electron chi connectivity index (χ4n) is 1.83. The van der Waals surface area contributed by atoms with Gasteiger partial charge in [-0.3, -0.25) is 9.78 Å². The molecular weight excluding hydrogens is 286 g/mol. The number of aromatic nitrogens is 1. The molecule has 0 saturated heterocycles. The van der Waals surface area contributed by atoms with E-state index in [0.717, 1.165) is 5.69 Å². The highest BCUT2D eigenvalue weighted by atomic mass is 32.1. The number of nitrogens with one attached hydrogen (secondary N) is 1. The van der Waals surface area contributed by atoms with E-state index >= 15 is 0 Å². The average molecular weight is 301 g/mol. The Balaban J connectivity index is 2.27. The number of carbonyl (C=O) groups excluding carboxylic acids is 1. The first-order valence-electron chi connectivity index (χ1n) is 6.23. The van der Waals surface area contributed by atoms with Crippen LogP contribution in [0.25, 0.3) is 0 Å². The number of hydrogen-bond acceptors (Lipinski definition) is 4. The van der Waals surface area contributed by atoms with Gasteiger partial charge in [0.05, 0.1) is 12.8 Å². The molecule has 0 aliphatic rings. The van der Waals surface area contributed by atoms with Gasteiger partial charge in [0.25, 0.3) is 5.91 Å². The number of hydrogen-bond donors (Lipinski definition) is 2. The molecule has 1 heterocycles. The van der Waals surface area contributed by atoms with E-state index in [0.29, 0.717) is 22.6 Å². The Morgan fingerprint density at radius 2 is 2.05 bits per heavy atom. The third kappa shape index (κ3) is 3.55. The molecule has 21 heavy (non-hydrogen) atoms. The predicted octanol–water partition coefficient (Wildman–Crippen LogP) is 2.29. The van der Waals surface area contributed by atoms with Crippen molar-refractivity contribution in [3.63, 3.8) is 0 Å². The van der Waals surface area contributed by atoms with Crippen molar-refractivity contribution in [1.82, 2.24) is 4.98 Å². The van der Waals surface area contributed by atoms with Crippen molar-refractivity contribution in [2.75, 3.05) is 12.4 Å². The summed E-state index contributed by atoms with van der Waals surface area (Å²) in [7, 11) is 1.52. The normalized spacial score (nSPS) is 10.0. The number of thiocarbonyl (C=S) groups is 1. The topological polar surface area (TPSA) is 77.2 Å². The average Bonchev–Trinajstić information content (AvgIpc) is 2.47. The molecule has 0 fully saturated rings. The molecule has 5 nitrogen and oxygen atoms in total. The molecule has 0 atom stereocenters. The maximum absolute atomic E-state index is 12.2. The van der Waals surface area contributed by atoms with E-state index in [2.05, 4.69) is 10.3 Å². The zero-order valence-electron chi connectivity index (χ0n) is 11.7. The van der Waals surface area contributed by atoms with Gasteiger partial charge in [-0.05, 0) is 37.3 Å². The van der Waals surface area contributed by atoms with Gasteiger partial charge in [0.2, 0.25) is 0 Å². The minimum absolute atomic E-state index is 0.234. The molecule has 2 rings (SSSR count). The molecule has 1 amide bonds. The van der Waals surface area contributed by atoms with E-state index in [1.165, 1.54) is 7.11 Å². The van der Waals surface area contributed by atoms with Crippen LogP contribution >= 0.6 is 12.2 Å². The van der Waals surface area contributed by atoms with Crippen LogP contribution in [-0.2, 0) is 0 Å². The van der Waals surface area contributed by atoms with Crippen LogP contribution in [0.1, 0.15) is 21.6 Å². The molecule has 6 heteroatoms. The van der Waals surface area contributed by atoms with E-state index in [1.54, 1.807) is 36.5 Å². The Morgan fingerprint density at radius 3 is 2.67 bits per heavy atom. The second kappa shape index (κ2) is 6.32. The Morgan fingerprint density at radius 1 is 1.29 bits per heavy atom. The van der Waals surface area contributed by atoms with Crippen molar-refractivity contribution in [2.45, 2.75) is 6.92 Å². The Labute approximate surface area is 128 Å². The van der Waals surface area contributed by atoms with Crippen molar-refractivity contribution in [3.05, 3.63) is 53.3 Å². The maximum Gasteiger partial charge on any atom is 0.255 e. The molecule has 0 unspecified atom stereocenters. The third-order valence-electron chi connectivity index (χ3n) is 2.89. The lowest BCUT2D eigenvalue weighted by Gasteiger charge is -2.11. The molecule has 0 bridgehead atoms. The minimum Gasteiger partial charge on any atom is -0.495 e. The van der Waals surface area contributed by atoms with Gasteiger partial charge in [0.15, 0.2) is 0 Å². The second-order valence-electron chi connectivity index (χ2n) is 4.42. The number of benzene rings is 1. The van der Waals surface area contributed by atoms with Crippen LogP contribution in [0.4, 0.5) is 5.69 Å². The van der Waals surface area contributed by atoms with Crippen molar-refractivity contribution in [3.8, 4) is 5.75 Å². The minimum atomic E-state index is -0.234. The van der Waals surface area contributed by atoms with Crippen LogP contribution < -0.4 is 15.8 Å². The zero-order chi connectivity index (χ0) is 15.4. The monoisotopic (exact) mass is 301 g/mol. The number of ether oxygens (including phenoxy) is 1. The molecule has 0 spiro atoms. The summed E-state index contributed by atoms with van der Waals surface area (Å²) in [5.74, 6) is 0.265. The molecule has 0 aliphatic carbocycles. The molecule has 1 aromatic carbocycles. The number of methoxy groups -OCH3 is 1.